The summed E-state index contributed by atoms with van der Waals surface area (Å²) in [6.07, 6.45) is 0.359. The maximum atomic E-state index is 11.6. The van der Waals surface area contributed by atoms with Gasteiger partial charge in [-0.25, -0.2) is 0 Å². The van der Waals surface area contributed by atoms with E-state index in [2.05, 4.69) is 4.98 Å². The number of carboxylic acid groups (broad SMARTS) is 1. The Labute approximate surface area is 109 Å². The molecule has 1 aromatic carbocycles. The maximum Gasteiger partial charge on any atom is 0.305 e. The van der Waals surface area contributed by atoms with Crippen LogP contribution in [0.15, 0.2) is 28.7 Å². The third-order valence-corrected chi connectivity index (χ3v) is 2.67. The molecule has 0 fully saturated rings. The summed E-state index contributed by atoms with van der Waals surface area (Å²) in [4.78, 5) is 27.6. The number of benzene rings is 1. The third-order valence-electron chi connectivity index (χ3n) is 2.67. The number of amides is 1. The van der Waals surface area contributed by atoms with Gasteiger partial charge in [-0.05, 0) is 18.6 Å². The lowest BCUT2D eigenvalue weighted by Gasteiger charge is -2.15. The van der Waals surface area contributed by atoms with E-state index < -0.39 is 5.97 Å². The van der Waals surface area contributed by atoms with Crippen molar-refractivity contribution in [2.24, 2.45) is 0 Å². The number of carboxylic acids is 1. The molecular formula is C13H14N2O4. The van der Waals surface area contributed by atoms with Gasteiger partial charge in [0, 0.05) is 19.9 Å². The first-order valence-corrected chi connectivity index (χ1v) is 5.93. The largest absolute Gasteiger partial charge is 0.481 e. The molecule has 1 N–H and O–H groups in total. The molecule has 0 atom stereocenters. The maximum absolute atomic E-state index is 11.6. The average Bonchev–Trinajstić information content (AvgIpc) is 2.76. The van der Waals surface area contributed by atoms with Crippen LogP contribution in [0.5, 0.6) is 0 Å². The van der Waals surface area contributed by atoms with Crippen LogP contribution >= 0.6 is 0 Å². The SMILES string of the molecule is CC(=O)N(CCCC(=O)O)c1nc2ccccc2o1. The molecule has 0 aliphatic rings. The van der Waals surface area contributed by atoms with Gasteiger partial charge in [0.25, 0.3) is 0 Å². The molecule has 0 bridgehead atoms. The summed E-state index contributed by atoms with van der Waals surface area (Å²) < 4.78 is 5.50. The molecule has 6 nitrogen and oxygen atoms in total. The second kappa shape index (κ2) is 5.51. The Balaban J connectivity index is 2.18. The topological polar surface area (TPSA) is 83.6 Å². The molecular weight excluding hydrogens is 248 g/mol. The van der Waals surface area contributed by atoms with Crippen molar-refractivity contribution in [1.29, 1.82) is 0 Å². The van der Waals surface area contributed by atoms with Crippen LogP contribution in [0.3, 0.4) is 0 Å². The number of oxazole rings is 1. The van der Waals surface area contributed by atoms with Gasteiger partial charge >= 0.3 is 12.0 Å². The average molecular weight is 262 g/mol. The monoisotopic (exact) mass is 262 g/mol. The molecule has 0 aliphatic carbocycles. The zero-order valence-electron chi connectivity index (χ0n) is 10.5. The number of rotatable bonds is 5. The van der Waals surface area contributed by atoms with Gasteiger partial charge in [0.2, 0.25) is 5.91 Å². The van der Waals surface area contributed by atoms with E-state index >= 15 is 0 Å². The van der Waals surface area contributed by atoms with Crippen molar-refractivity contribution in [2.75, 3.05) is 11.4 Å². The Bertz CT molecular complexity index is 572. The normalized spacial score (nSPS) is 10.6. The van der Waals surface area contributed by atoms with Gasteiger partial charge in [-0.15, -0.1) is 0 Å². The smallest absolute Gasteiger partial charge is 0.305 e. The van der Waals surface area contributed by atoms with Crippen molar-refractivity contribution >= 4 is 29.0 Å². The van der Waals surface area contributed by atoms with Crippen molar-refractivity contribution in [3.05, 3.63) is 24.3 Å². The molecule has 0 radical (unpaired) electrons. The van der Waals surface area contributed by atoms with Gasteiger partial charge in [0.05, 0.1) is 0 Å². The molecule has 0 aliphatic heterocycles. The minimum absolute atomic E-state index is 0.00398. The molecule has 2 rings (SSSR count). The van der Waals surface area contributed by atoms with Crippen molar-refractivity contribution < 1.29 is 19.1 Å². The molecule has 0 unspecified atom stereocenters. The van der Waals surface area contributed by atoms with Gasteiger partial charge in [0.1, 0.15) is 5.52 Å². The van der Waals surface area contributed by atoms with E-state index in [1.165, 1.54) is 11.8 Å². The number of nitrogens with zero attached hydrogens (tertiary/aromatic N) is 2. The minimum atomic E-state index is -0.888. The van der Waals surface area contributed by atoms with E-state index in [0.717, 1.165) is 0 Å². The van der Waals surface area contributed by atoms with Crippen molar-refractivity contribution in [1.82, 2.24) is 4.98 Å². The fourth-order valence-electron chi connectivity index (χ4n) is 1.75. The van der Waals surface area contributed by atoms with Crippen LogP contribution in [0, 0.1) is 0 Å². The number of carbonyl (C=O) groups excluding carboxylic acids is 1. The van der Waals surface area contributed by atoms with Crippen molar-refractivity contribution in [2.45, 2.75) is 19.8 Å². The van der Waals surface area contributed by atoms with Crippen LogP contribution in [0.1, 0.15) is 19.8 Å². The third kappa shape index (κ3) is 3.09. The van der Waals surface area contributed by atoms with Crippen molar-refractivity contribution in [3.8, 4) is 0 Å². The molecule has 2 aromatic rings. The van der Waals surface area contributed by atoms with Gasteiger partial charge < -0.3 is 9.52 Å². The van der Waals surface area contributed by atoms with Gasteiger partial charge in [-0.2, -0.15) is 4.98 Å². The summed E-state index contributed by atoms with van der Waals surface area (Å²) in [7, 11) is 0. The standard InChI is InChI=1S/C13H14N2O4/c1-9(16)15(8-4-7-12(17)18)13-14-10-5-2-3-6-11(10)19-13/h2-3,5-6H,4,7-8H2,1H3,(H,17,18). The van der Waals surface area contributed by atoms with E-state index in [0.29, 0.717) is 17.5 Å². The lowest BCUT2D eigenvalue weighted by molar-refractivity contribution is -0.137. The molecule has 1 aromatic heterocycles. The second-order valence-corrected chi connectivity index (χ2v) is 4.13. The summed E-state index contributed by atoms with van der Waals surface area (Å²) in [5.41, 5.74) is 1.27. The van der Waals surface area contributed by atoms with E-state index in [9.17, 15) is 9.59 Å². The Morgan fingerprint density at radius 3 is 2.74 bits per heavy atom. The Kier molecular flexibility index (Phi) is 3.79. The quantitative estimate of drug-likeness (QED) is 0.891. The Hall–Kier alpha value is -2.37. The van der Waals surface area contributed by atoms with Gasteiger partial charge in [0.15, 0.2) is 5.58 Å². The summed E-state index contributed by atoms with van der Waals surface area (Å²) in [6, 6.07) is 7.41. The highest BCUT2D eigenvalue weighted by Gasteiger charge is 2.17. The first-order valence-electron chi connectivity index (χ1n) is 5.93. The van der Waals surface area contributed by atoms with Crippen LogP contribution in [0.2, 0.25) is 0 Å². The van der Waals surface area contributed by atoms with E-state index in [-0.39, 0.29) is 24.9 Å². The fraction of sp³-hybridized carbons (Fsp3) is 0.308. The van der Waals surface area contributed by atoms with E-state index in [4.69, 9.17) is 9.52 Å². The molecule has 1 amide bonds. The van der Waals surface area contributed by atoms with Crippen LogP contribution in [-0.4, -0.2) is 28.5 Å². The summed E-state index contributed by atoms with van der Waals surface area (Å²) >= 11 is 0. The predicted molar refractivity (Wildman–Crippen MR) is 68.9 cm³/mol. The number of hydrogen-bond donors (Lipinski definition) is 1. The highest BCUT2D eigenvalue weighted by molar-refractivity contribution is 5.90. The second-order valence-electron chi connectivity index (χ2n) is 4.13. The number of anilines is 1. The van der Waals surface area contributed by atoms with E-state index in [1.54, 1.807) is 12.1 Å². The number of aromatic nitrogens is 1. The van der Waals surface area contributed by atoms with Crippen LogP contribution in [0.25, 0.3) is 11.1 Å². The summed E-state index contributed by atoms with van der Waals surface area (Å²) in [5.74, 6) is -1.11. The summed E-state index contributed by atoms with van der Waals surface area (Å²) in [5, 5.41) is 8.61. The zero-order valence-corrected chi connectivity index (χ0v) is 10.5. The first-order chi connectivity index (χ1) is 9.08. The highest BCUT2D eigenvalue weighted by Crippen LogP contribution is 2.22. The fourth-order valence-corrected chi connectivity index (χ4v) is 1.75. The molecule has 0 saturated carbocycles. The van der Waals surface area contributed by atoms with Gasteiger partial charge in [-0.3, -0.25) is 14.5 Å². The molecule has 0 spiro atoms. The Morgan fingerprint density at radius 2 is 2.11 bits per heavy atom. The number of hydrogen-bond acceptors (Lipinski definition) is 4. The number of para-hydroxylation sites is 2. The number of carbonyl (C=O) groups is 2. The number of fused-ring (bicyclic) bond motifs is 1. The van der Waals surface area contributed by atoms with Crippen molar-refractivity contribution in [3.63, 3.8) is 0 Å². The molecule has 1 heterocycles. The zero-order chi connectivity index (χ0) is 13.8. The minimum Gasteiger partial charge on any atom is -0.481 e. The highest BCUT2D eigenvalue weighted by atomic mass is 16.4. The predicted octanol–water partition coefficient (Wildman–Crippen LogP) is 2.05. The van der Waals surface area contributed by atoms with Crippen LogP contribution in [-0.2, 0) is 9.59 Å². The summed E-state index contributed by atoms with van der Waals surface area (Å²) in [6.45, 7) is 1.67. The van der Waals surface area contributed by atoms with Crippen LogP contribution < -0.4 is 4.90 Å². The molecule has 6 heteroatoms. The first kappa shape index (κ1) is 13.1. The number of aliphatic carboxylic acids is 1. The molecule has 0 saturated heterocycles. The lowest BCUT2D eigenvalue weighted by atomic mass is 10.3. The van der Waals surface area contributed by atoms with E-state index in [1.807, 2.05) is 12.1 Å². The van der Waals surface area contributed by atoms with Gasteiger partial charge in [-0.1, -0.05) is 12.1 Å². The molecule has 100 valence electrons. The Morgan fingerprint density at radius 1 is 1.37 bits per heavy atom. The lowest BCUT2D eigenvalue weighted by Crippen LogP contribution is -2.30. The molecule has 19 heavy (non-hydrogen) atoms. The van der Waals surface area contributed by atoms with Crippen LogP contribution in [0.4, 0.5) is 6.01 Å².